The topological polar surface area (TPSA) is 84.9 Å². The summed E-state index contributed by atoms with van der Waals surface area (Å²) in [6.07, 6.45) is 5.89. The van der Waals surface area contributed by atoms with E-state index in [0.29, 0.717) is 29.4 Å². The van der Waals surface area contributed by atoms with E-state index in [0.717, 1.165) is 19.4 Å². The predicted octanol–water partition coefficient (Wildman–Crippen LogP) is 2.80. The molecule has 162 valence electrons. The first kappa shape index (κ1) is 21.9. The molecule has 1 aromatic carbocycles. The summed E-state index contributed by atoms with van der Waals surface area (Å²) in [5.41, 5.74) is 0. The largest absolute Gasteiger partial charge is 0.493 e. The van der Waals surface area contributed by atoms with Gasteiger partial charge in [-0.05, 0) is 43.2 Å². The third kappa shape index (κ3) is 4.86. The summed E-state index contributed by atoms with van der Waals surface area (Å²) in [6, 6.07) is 4.75. The number of amides is 1. The van der Waals surface area contributed by atoms with Crippen molar-refractivity contribution in [2.75, 3.05) is 27.3 Å². The maximum Gasteiger partial charge on any atom is 0.240 e. The Bertz CT molecular complexity index is 826. The molecule has 1 saturated heterocycles. The van der Waals surface area contributed by atoms with Gasteiger partial charge in [-0.1, -0.05) is 19.8 Å². The maximum atomic E-state index is 12.8. The SMILES string of the molecule is COc1ccc(S(=O)(=O)NCCC(=O)N2CCC(C)C3CCCCC32)cc1OC. The van der Waals surface area contributed by atoms with E-state index in [4.69, 9.17) is 9.47 Å². The number of piperidine rings is 1. The molecule has 2 fully saturated rings. The van der Waals surface area contributed by atoms with Crippen molar-refractivity contribution in [3.8, 4) is 11.5 Å². The van der Waals surface area contributed by atoms with Crippen LogP contribution in [0.25, 0.3) is 0 Å². The molecular weight excluding hydrogens is 392 g/mol. The molecule has 1 N–H and O–H groups in total. The van der Waals surface area contributed by atoms with Crippen molar-refractivity contribution in [3.63, 3.8) is 0 Å². The molecule has 7 nitrogen and oxygen atoms in total. The number of ether oxygens (including phenoxy) is 2. The van der Waals surface area contributed by atoms with Gasteiger partial charge in [-0.15, -0.1) is 0 Å². The number of benzene rings is 1. The zero-order chi connectivity index (χ0) is 21.0. The van der Waals surface area contributed by atoms with E-state index in [1.54, 1.807) is 6.07 Å². The quantitative estimate of drug-likeness (QED) is 0.728. The Morgan fingerprint density at radius 1 is 1.14 bits per heavy atom. The third-order valence-corrected chi connectivity index (χ3v) is 7.81. The molecule has 3 rings (SSSR count). The third-order valence-electron chi connectivity index (χ3n) is 6.35. The molecule has 0 bridgehead atoms. The van der Waals surface area contributed by atoms with Crippen molar-refractivity contribution >= 4 is 15.9 Å². The van der Waals surface area contributed by atoms with Crippen LogP contribution in [0.5, 0.6) is 11.5 Å². The van der Waals surface area contributed by atoms with Gasteiger partial charge in [0, 0.05) is 31.6 Å². The van der Waals surface area contributed by atoms with Gasteiger partial charge in [0.25, 0.3) is 0 Å². The molecule has 2 aliphatic rings. The van der Waals surface area contributed by atoms with Crippen LogP contribution in [-0.4, -0.2) is 52.6 Å². The van der Waals surface area contributed by atoms with Crippen LogP contribution in [0.3, 0.4) is 0 Å². The van der Waals surface area contributed by atoms with Crippen LogP contribution in [0.15, 0.2) is 23.1 Å². The highest BCUT2D eigenvalue weighted by Crippen LogP contribution is 2.39. The summed E-state index contributed by atoms with van der Waals surface area (Å²) in [5.74, 6) is 2.10. The Kier molecular flexibility index (Phi) is 7.05. The van der Waals surface area contributed by atoms with E-state index in [-0.39, 0.29) is 23.8 Å². The van der Waals surface area contributed by atoms with Crippen LogP contribution in [0.4, 0.5) is 0 Å². The minimum absolute atomic E-state index is 0.0452. The van der Waals surface area contributed by atoms with Crippen LogP contribution in [-0.2, 0) is 14.8 Å². The fourth-order valence-corrected chi connectivity index (χ4v) is 5.77. The normalized spacial score (nSPS) is 24.7. The molecule has 29 heavy (non-hydrogen) atoms. The van der Waals surface area contributed by atoms with Gasteiger partial charge in [0.1, 0.15) is 0 Å². The monoisotopic (exact) mass is 424 g/mol. The summed E-state index contributed by atoms with van der Waals surface area (Å²) in [6.45, 7) is 3.16. The van der Waals surface area contributed by atoms with Gasteiger partial charge >= 0.3 is 0 Å². The van der Waals surface area contributed by atoms with Crippen LogP contribution in [0, 0.1) is 11.8 Å². The standard InChI is InChI=1S/C21H32N2O5S/c1-15-11-13-23(18-7-5-4-6-17(15)18)21(24)10-12-22-29(25,26)16-8-9-19(27-2)20(14-16)28-3/h8-9,14-15,17-18,22H,4-7,10-13H2,1-3H3. The smallest absolute Gasteiger partial charge is 0.240 e. The number of nitrogens with zero attached hydrogens (tertiary/aromatic N) is 1. The van der Waals surface area contributed by atoms with Crippen molar-refractivity contribution in [2.45, 2.75) is 56.4 Å². The lowest BCUT2D eigenvalue weighted by molar-refractivity contribution is -0.138. The number of fused-ring (bicyclic) bond motifs is 1. The lowest BCUT2D eigenvalue weighted by atomic mass is 9.72. The minimum Gasteiger partial charge on any atom is -0.493 e. The van der Waals surface area contributed by atoms with Crippen molar-refractivity contribution in [2.24, 2.45) is 11.8 Å². The second-order valence-corrected chi connectivity index (χ2v) is 9.80. The highest BCUT2D eigenvalue weighted by molar-refractivity contribution is 7.89. The number of rotatable bonds is 7. The summed E-state index contributed by atoms with van der Waals surface area (Å²) in [5, 5.41) is 0. The molecule has 1 aromatic rings. The van der Waals surface area contributed by atoms with Crippen molar-refractivity contribution in [1.29, 1.82) is 0 Å². The molecule has 1 aliphatic carbocycles. The van der Waals surface area contributed by atoms with Gasteiger partial charge in [0.15, 0.2) is 11.5 Å². The molecule has 0 aromatic heterocycles. The second kappa shape index (κ2) is 9.34. The van der Waals surface area contributed by atoms with Gasteiger partial charge in [-0.2, -0.15) is 0 Å². The van der Waals surface area contributed by atoms with E-state index >= 15 is 0 Å². The number of methoxy groups -OCH3 is 2. The highest BCUT2D eigenvalue weighted by atomic mass is 32.2. The van der Waals surface area contributed by atoms with E-state index in [2.05, 4.69) is 11.6 Å². The first-order valence-electron chi connectivity index (χ1n) is 10.4. The Morgan fingerprint density at radius 2 is 1.86 bits per heavy atom. The average Bonchev–Trinajstić information content (AvgIpc) is 2.73. The highest BCUT2D eigenvalue weighted by Gasteiger charge is 2.39. The van der Waals surface area contributed by atoms with Crippen LogP contribution < -0.4 is 14.2 Å². The number of nitrogens with one attached hydrogen (secondary N) is 1. The molecular formula is C21H32N2O5S. The first-order valence-corrected chi connectivity index (χ1v) is 11.9. The fraction of sp³-hybridized carbons (Fsp3) is 0.667. The van der Waals surface area contributed by atoms with Gasteiger partial charge < -0.3 is 14.4 Å². The fourth-order valence-electron chi connectivity index (χ4n) is 4.73. The van der Waals surface area contributed by atoms with E-state index < -0.39 is 10.0 Å². The predicted molar refractivity (Wildman–Crippen MR) is 111 cm³/mol. The maximum absolute atomic E-state index is 12.8. The Labute approximate surface area is 173 Å². The van der Waals surface area contributed by atoms with E-state index in [9.17, 15) is 13.2 Å². The average molecular weight is 425 g/mol. The molecule has 1 aliphatic heterocycles. The molecule has 3 unspecified atom stereocenters. The summed E-state index contributed by atoms with van der Waals surface area (Å²) < 4.78 is 38.1. The number of hydrogen-bond donors (Lipinski definition) is 1. The Hall–Kier alpha value is -1.80. The van der Waals surface area contributed by atoms with Crippen LogP contribution in [0.1, 0.15) is 45.4 Å². The van der Waals surface area contributed by atoms with Gasteiger partial charge in [-0.3, -0.25) is 4.79 Å². The zero-order valence-electron chi connectivity index (χ0n) is 17.5. The molecule has 3 atom stereocenters. The summed E-state index contributed by atoms with van der Waals surface area (Å²) in [4.78, 5) is 14.9. The molecule has 1 heterocycles. The van der Waals surface area contributed by atoms with Crippen molar-refractivity contribution in [3.05, 3.63) is 18.2 Å². The van der Waals surface area contributed by atoms with Crippen molar-refractivity contribution in [1.82, 2.24) is 9.62 Å². The minimum atomic E-state index is -3.73. The van der Waals surface area contributed by atoms with Crippen LogP contribution >= 0.6 is 0 Å². The van der Waals surface area contributed by atoms with E-state index in [1.165, 1.54) is 45.6 Å². The molecule has 1 saturated carbocycles. The number of sulfonamides is 1. The molecule has 0 spiro atoms. The molecule has 1 amide bonds. The Morgan fingerprint density at radius 3 is 2.59 bits per heavy atom. The molecule has 8 heteroatoms. The number of carbonyl (C=O) groups excluding carboxylic acids is 1. The van der Waals surface area contributed by atoms with Crippen molar-refractivity contribution < 1.29 is 22.7 Å². The first-order chi connectivity index (χ1) is 13.9. The number of carbonyl (C=O) groups is 1. The van der Waals surface area contributed by atoms with Crippen LogP contribution in [0.2, 0.25) is 0 Å². The number of hydrogen-bond acceptors (Lipinski definition) is 5. The second-order valence-electron chi connectivity index (χ2n) is 8.03. The lowest BCUT2D eigenvalue weighted by Gasteiger charge is -2.47. The number of likely N-dealkylation sites (tertiary alicyclic amines) is 1. The van der Waals surface area contributed by atoms with Gasteiger partial charge in [0.05, 0.1) is 19.1 Å². The lowest BCUT2D eigenvalue weighted by Crippen LogP contribution is -2.52. The molecule has 0 radical (unpaired) electrons. The summed E-state index contributed by atoms with van der Waals surface area (Å²) >= 11 is 0. The summed E-state index contributed by atoms with van der Waals surface area (Å²) in [7, 11) is -0.782. The van der Waals surface area contributed by atoms with Gasteiger partial charge in [0.2, 0.25) is 15.9 Å². The zero-order valence-corrected chi connectivity index (χ0v) is 18.3. The Balaban J connectivity index is 1.59. The van der Waals surface area contributed by atoms with E-state index in [1.807, 2.05) is 4.90 Å². The van der Waals surface area contributed by atoms with Gasteiger partial charge in [-0.25, -0.2) is 13.1 Å².